The number of halogens is 2. The van der Waals surface area contributed by atoms with Crippen molar-refractivity contribution in [1.29, 1.82) is 0 Å². The van der Waals surface area contributed by atoms with Crippen molar-refractivity contribution < 1.29 is 13.9 Å². The Balaban J connectivity index is 0.00000160. The third-order valence-corrected chi connectivity index (χ3v) is 5.80. The Hall–Kier alpha value is -2.06. The van der Waals surface area contributed by atoms with E-state index in [2.05, 4.69) is 10.3 Å². The molecule has 1 atom stereocenters. The zero-order valence-electron chi connectivity index (χ0n) is 16.8. The Kier molecular flexibility index (Phi) is 8.73. The van der Waals surface area contributed by atoms with Crippen molar-refractivity contribution in [3.05, 3.63) is 58.8 Å². The lowest BCUT2D eigenvalue weighted by atomic mass is 10.0. The van der Waals surface area contributed by atoms with Crippen LogP contribution in [0.2, 0.25) is 0 Å². The molecule has 0 spiro atoms. The third kappa shape index (κ3) is 5.16. The molecule has 0 bridgehead atoms. The number of nitrogens with one attached hydrogen (secondary N) is 1. The van der Waals surface area contributed by atoms with E-state index >= 15 is 0 Å². The van der Waals surface area contributed by atoms with Crippen LogP contribution in [0.3, 0.4) is 0 Å². The summed E-state index contributed by atoms with van der Waals surface area (Å²) in [6.07, 6.45) is 0.280. The van der Waals surface area contributed by atoms with E-state index in [1.165, 1.54) is 11.3 Å². The van der Waals surface area contributed by atoms with Crippen molar-refractivity contribution in [2.24, 2.45) is 0 Å². The first kappa shape index (κ1) is 24.2. The van der Waals surface area contributed by atoms with Gasteiger partial charge in [-0.3, -0.25) is 4.79 Å². The second-order valence-corrected chi connectivity index (χ2v) is 7.64. The number of nitrogens with zero attached hydrogens (tertiary/aromatic N) is 2. The van der Waals surface area contributed by atoms with Crippen LogP contribution in [0.1, 0.15) is 23.1 Å². The molecule has 1 N–H and O–H groups in total. The van der Waals surface area contributed by atoms with E-state index in [9.17, 15) is 4.79 Å². The molecule has 1 aromatic carbocycles. The molecule has 162 valence electrons. The molecule has 3 aromatic rings. The number of aromatic nitrogens is 1. The van der Waals surface area contributed by atoms with E-state index in [0.717, 1.165) is 40.1 Å². The van der Waals surface area contributed by atoms with Crippen LogP contribution in [0, 0.1) is 6.92 Å². The van der Waals surface area contributed by atoms with Crippen LogP contribution >= 0.6 is 36.2 Å². The van der Waals surface area contributed by atoms with Gasteiger partial charge in [-0.2, -0.15) is 0 Å². The number of ether oxygens (including phenoxy) is 1. The second kappa shape index (κ2) is 10.8. The fraction of sp³-hybridized carbons (Fsp3) is 0.333. The number of aryl methyl sites for hydroxylation is 1. The number of para-hydroxylation sites is 1. The number of carbonyl (C=O) groups excluding carboxylic acids is 1. The lowest BCUT2D eigenvalue weighted by molar-refractivity contribution is -0.133. The molecule has 1 unspecified atom stereocenters. The monoisotopic (exact) mass is 469 g/mol. The highest BCUT2D eigenvalue weighted by Crippen LogP contribution is 2.31. The summed E-state index contributed by atoms with van der Waals surface area (Å²) in [6.45, 7) is 4.06. The number of furan rings is 1. The molecule has 30 heavy (non-hydrogen) atoms. The summed E-state index contributed by atoms with van der Waals surface area (Å²) in [4.78, 5) is 19.6. The molecule has 4 rings (SSSR count). The number of methoxy groups -OCH3 is 1. The van der Waals surface area contributed by atoms with E-state index < -0.39 is 0 Å². The minimum absolute atomic E-state index is 0. The summed E-state index contributed by atoms with van der Waals surface area (Å²) in [5.41, 5.74) is 1.80. The highest BCUT2D eigenvalue weighted by molar-refractivity contribution is 7.13. The summed E-state index contributed by atoms with van der Waals surface area (Å²) in [7, 11) is 1.66. The Morgan fingerprint density at radius 1 is 1.30 bits per heavy atom. The molecule has 1 fully saturated rings. The molecule has 6 nitrogen and oxygen atoms in total. The summed E-state index contributed by atoms with van der Waals surface area (Å²) < 4.78 is 11.1. The fourth-order valence-corrected chi connectivity index (χ4v) is 4.31. The summed E-state index contributed by atoms with van der Waals surface area (Å²) in [5, 5.41) is 6.13. The van der Waals surface area contributed by atoms with Crippen molar-refractivity contribution in [1.82, 2.24) is 15.2 Å². The van der Waals surface area contributed by atoms with Crippen LogP contribution in [0.5, 0.6) is 5.75 Å². The van der Waals surface area contributed by atoms with Gasteiger partial charge in [-0.15, -0.1) is 36.2 Å². The average molecular weight is 470 g/mol. The molecular formula is C21H25Cl2N3O3S. The first-order valence-corrected chi connectivity index (χ1v) is 10.2. The van der Waals surface area contributed by atoms with Crippen LogP contribution in [0.4, 0.5) is 0 Å². The minimum Gasteiger partial charge on any atom is -0.496 e. The number of hydrogen-bond donors (Lipinski definition) is 1. The van der Waals surface area contributed by atoms with Gasteiger partial charge in [-0.1, -0.05) is 18.2 Å². The number of thiazole rings is 1. The molecular weight excluding hydrogens is 445 g/mol. The van der Waals surface area contributed by atoms with Crippen molar-refractivity contribution >= 4 is 42.1 Å². The van der Waals surface area contributed by atoms with Crippen molar-refractivity contribution in [3.63, 3.8) is 0 Å². The third-order valence-electron chi connectivity index (χ3n) is 4.90. The Labute approximate surface area is 192 Å². The fourth-order valence-electron chi connectivity index (χ4n) is 3.53. The zero-order valence-corrected chi connectivity index (χ0v) is 19.2. The number of piperazine rings is 1. The van der Waals surface area contributed by atoms with Gasteiger partial charge in [0.1, 0.15) is 11.5 Å². The number of benzene rings is 1. The van der Waals surface area contributed by atoms with Gasteiger partial charge in [0.15, 0.2) is 10.8 Å². The lowest BCUT2D eigenvalue weighted by Gasteiger charge is -2.37. The molecule has 1 aliphatic rings. The second-order valence-electron chi connectivity index (χ2n) is 6.78. The predicted molar refractivity (Wildman–Crippen MR) is 123 cm³/mol. The van der Waals surface area contributed by atoms with Crippen LogP contribution in [-0.2, 0) is 11.2 Å². The normalized spacial score (nSPS) is 15.8. The number of amides is 1. The molecule has 0 radical (unpaired) electrons. The van der Waals surface area contributed by atoms with Gasteiger partial charge in [-0.25, -0.2) is 4.98 Å². The molecule has 1 aliphatic heterocycles. The summed E-state index contributed by atoms with van der Waals surface area (Å²) in [6, 6.07) is 11.7. The topological polar surface area (TPSA) is 67.6 Å². The SMILES string of the molecule is COc1ccccc1C1CNCCN1C(=O)Cc1csc(-c2ccc(C)o2)n1.Cl.Cl. The molecule has 0 saturated carbocycles. The van der Waals surface area contributed by atoms with Gasteiger partial charge >= 0.3 is 0 Å². The van der Waals surface area contributed by atoms with Crippen molar-refractivity contribution in [3.8, 4) is 16.5 Å². The standard InChI is InChI=1S/C21H23N3O3S.2ClH/c1-14-7-8-19(27-14)21-23-15(13-28-21)11-20(25)24-10-9-22-12-17(24)16-5-3-4-6-18(16)26-2;;/h3-8,13,17,22H,9-12H2,1-2H3;2*1H. The number of carbonyl (C=O) groups is 1. The Morgan fingerprint density at radius 2 is 2.10 bits per heavy atom. The first-order valence-electron chi connectivity index (χ1n) is 9.30. The van der Waals surface area contributed by atoms with Gasteiger partial charge in [0, 0.05) is 30.6 Å². The molecule has 0 aliphatic carbocycles. The van der Waals surface area contributed by atoms with E-state index in [0.29, 0.717) is 13.1 Å². The summed E-state index contributed by atoms with van der Waals surface area (Å²) >= 11 is 1.50. The van der Waals surface area contributed by atoms with Crippen LogP contribution in [0.15, 0.2) is 46.2 Å². The van der Waals surface area contributed by atoms with Gasteiger partial charge in [0.2, 0.25) is 5.91 Å². The summed E-state index contributed by atoms with van der Waals surface area (Å²) in [5.74, 6) is 2.47. The Bertz CT molecular complexity index is 976. The molecule has 3 heterocycles. The zero-order chi connectivity index (χ0) is 19.5. The quantitative estimate of drug-likeness (QED) is 0.603. The predicted octanol–water partition coefficient (Wildman–Crippen LogP) is 4.28. The lowest BCUT2D eigenvalue weighted by Crippen LogP contribution is -2.49. The number of rotatable bonds is 5. The largest absolute Gasteiger partial charge is 0.496 e. The van der Waals surface area contributed by atoms with Gasteiger partial charge in [0.05, 0.1) is 25.3 Å². The van der Waals surface area contributed by atoms with Crippen LogP contribution < -0.4 is 10.1 Å². The van der Waals surface area contributed by atoms with Crippen LogP contribution in [0.25, 0.3) is 10.8 Å². The smallest absolute Gasteiger partial charge is 0.229 e. The maximum atomic E-state index is 13.1. The number of hydrogen-bond acceptors (Lipinski definition) is 6. The van der Waals surface area contributed by atoms with E-state index in [4.69, 9.17) is 9.15 Å². The van der Waals surface area contributed by atoms with Gasteiger partial charge in [-0.05, 0) is 25.1 Å². The van der Waals surface area contributed by atoms with E-state index in [-0.39, 0.29) is 43.2 Å². The molecule has 1 amide bonds. The van der Waals surface area contributed by atoms with E-state index in [1.54, 1.807) is 7.11 Å². The highest BCUT2D eigenvalue weighted by atomic mass is 35.5. The van der Waals surface area contributed by atoms with Crippen molar-refractivity contribution in [2.75, 3.05) is 26.7 Å². The molecule has 9 heteroatoms. The van der Waals surface area contributed by atoms with E-state index in [1.807, 2.05) is 53.6 Å². The van der Waals surface area contributed by atoms with Crippen molar-refractivity contribution in [2.45, 2.75) is 19.4 Å². The van der Waals surface area contributed by atoms with Gasteiger partial charge in [0.25, 0.3) is 0 Å². The Morgan fingerprint density at radius 3 is 2.83 bits per heavy atom. The van der Waals surface area contributed by atoms with Gasteiger partial charge < -0.3 is 19.4 Å². The minimum atomic E-state index is -0.0526. The first-order chi connectivity index (χ1) is 13.7. The van der Waals surface area contributed by atoms with Crippen LogP contribution in [-0.4, -0.2) is 42.5 Å². The highest BCUT2D eigenvalue weighted by Gasteiger charge is 2.30. The average Bonchev–Trinajstić information content (AvgIpc) is 3.36. The molecule has 2 aromatic heterocycles. The maximum Gasteiger partial charge on any atom is 0.229 e. The maximum absolute atomic E-state index is 13.1. The molecule has 1 saturated heterocycles.